The molecule has 0 N–H and O–H groups in total. The molecular weight excluding hydrogens is 1230 g/mol. The van der Waals surface area contributed by atoms with Gasteiger partial charge in [-0.3, -0.25) is 0 Å². The number of hydrogen-bond donors (Lipinski definition) is 0. The van der Waals surface area contributed by atoms with Crippen molar-refractivity contribution in [3.05, 3.63) is 427 Å². The third-order valence-electron chi connectivity index (χ3n) is 21.9. The third-order valence-corrected chi connectivity index (χ3v) is 23.7. The molecule has 0 amide bonds. The highest BCUT2D eigenvalue weighted by Gasteiger charge is 2.48. The van der Waals surface area contributed by atoms with E-state index < -0.39 is 19.6 Å². The summed E-state index contributed by atoms with van der Waals surface area (Å²) in [6.07, 6.45) is 0. The Hall–Kier alpha value is -12.4. The summed E-state index contributed by atoms with van der Waals surface area (Å²) in [5.74, 6) is 0. The van der Waals surface area contributed by atoms with Crippen LogP contribution in [0.1, 0.15) is 44.5 Å². The molecule has 17 aromatic rings. The molecule has 2 nitrogen and oxygen atoms in total. The van der Waals surface area contributed by atoms with Gasteiger partial charge < -0.3 is 9.80 Å². The molecule has 2 aliphatic rings. The maximum absolute atomic E-state index is 2.58. The van der Waals surface area contributed by atoms with Crippen LogP contribution in [0.4, 0.5) is 34.1 Å². The van der Waals surface area contributed by atoms with Crippen molar-refractivity contribution >= 4 is 91.2 Å². The summed E-state index contributed by atoms with van der Waals surface area (Å²) >= 11 is 0. The van der Waals surface area contributed by atoms with Crippen LogP contribution in [0, 0.1) is 0 Å². The van der Waals surface area contributed by atoms with Crippen molar-refractivity contribution in [2.24, 2.45) is 0 Å². The fourth-order valence-corrected chi connectivity index (χ4v) is 18.5. The Morgan fingerprint density at radius 2 is 0.564 bits per heavy atom. The lowest BCUT2D eigenvalue weighted by molar-refractivity contribution is 0.769. The number of anilines is 6. The van der Waals surface area contributed by atoms with E-state index in [2.05, 4.69) is 405 Å². The Bertz CT molecular complexity index is 5960. The average Bonchev–Trinajstić information content (AvgIpc) is 1.57. The zero-order valence-electron chi connectivity index (χ0n) is 56.3. The number of rotatable bonds is 13. The summed E-state index contributed by atoms with van der Waals surface area (Å²) in [5, 5.41) is 10.8. The lowest BCUT2D eigenvalue weighted by Gasteiger charge is -2.34. The molecule has 0 fully saturated rings. The Labute approximate surface area is 592 Å². The van der Waals surface area contributed by atoms with Crippen LogP contribution in [-0.2, 0) is 10.8 Å². The number of benzene rings is 17. The quantitative estimate of drug-likeness (QED) is 0.0838. The van der Waals surface area contributed by atoms with Gasteiger partial charge in [-0.05, 0) is 194 Å². The predicted molar refractivity (Wildman–Crippen MR) is 430 cm³/mol. The second-order valence-electron chi connectivity index (χ2n) is 27.5. The highest BCUT2D eigenvalue weighted by Crippen LogP contribution is 2.60. The highest BCUT2D eigenvalue weighted by atomic mass is 28.3. The summed E-state index contributed by atoms with van der Waals surface area (Å²) in [6, 6.07) is 144. The number of fused-ring (bicyclic) bond motifs is 10. The van der Waals surface area contributed by atoms with Gasteiger partial charge >= 0.3 is 0 Å². The van der Waals surface area contributed by atoms with E-state index in [-0.39, 0.29) is 0 Å². The van der Waals surface area contributed by atoms with Crippen LogP contribution in [0.2, 0.25) is 13.1 Å². The first-order chi connectivity index (χ1) is 49.9. The van der Waals surface area contributed by atoms with Gasteiger partial charge in [0.05, 0.1) is 31.0 Å². The Kier molecular flexibility index (Phi) is 14.4. The van der Waals surface area contributed by atoms with Gasteiger partial charge in [-0.25, -0.2) is 0 Å². The lowest BCUT2D eigenvalue weighted by Crippen LogP contribution is -2.28. The molecule has 2 aliphatic carbocycles. The van der Waals surface area contributed by atoms with Crippen LogP contribution in [0.5, 0.6) is 0 Å². The van der Waals surface area contributed by atoms with Crippen molar-refractivity contribution < 1.29 is 0 Å². The molecule has 0 saturated carbocycles. The highest BCUT2D eigenvalue weighted by molar-refractivity contribution is 6.70. The maximum Gasteiger partial charge on any atom is 0.0713 e. The molecule has 0 atom stereocenters. The minimum atomic E-state index is -1.13. The van der Waals surface area contributed by atoms with E-state index in [0.717, 1.165) is 66.8 Å². The van der Waals surface area contributed by atoms with Crippen LogP contribution >= 0.6 is 0 Å². The molecule has 0 heterocycles. The molecule has 19 rings (SSSR count). The molecule has 0 radical (unpaired) electrons. The van der Waals surface area contributed by atoms with E-state index in [1.165, 1.54) is 105 Å². The van der Waals surface area contributed by atoms with Crippen molar-refractivity contribution in [2.45, 2.75) is 23.9 Å². The van der Waals surface area contributed by atoms with Crippen molar-refractivity contribution in [1.82, 2.24) is 0 Å². The first-order valence-corrected chi connectivity index (χ1v) is 38.3. The van der Waals surface area contributed by atoms with Gasteiger partial charge in [0, 0.05) is 33.5 Å². The lowest BCUT2D eigenvalue weighted by atomic mass is 9.67. The van der Waals surface area contributed by atoms with E-state index in [4.69, 9.17) is 0 Å². The largest absolute Gasteiger partial charge is 0.310 e. The standard InChI is InChI=1S/C98H70N2Si/c1-101(2)78-56-52-75(53-57-78)100(94-49-27-31-67-29-19-21-43-80(67)94)77-55-61-86-88(65-77)96(69-51-59-84-82-45-23-25-47-90(82)98(92(84)63-69,72-36-12-5-13-37-72)73-38-14-6-15-39-73)85-60-54-76(99(74-40-16-7-17-41-74)93-48-26-30-66-28-18-20-42-79(66)93)64-87(85)95(86)68-50-58-83-81-44-22-24-46-89(81)97(91(83)62-68,70-32-8-3-9-33-70)71-34-10-4-11-35-71/h3-65,101H,1-2H3. The van der Waals surface area contributed by atoms with Crippen LogP contribution in [0.25, 0.3) is 87.6 Å². The minimum absolute atomic E-state index is 0.634. The first kappa shape index (κ1) is 59.8. The smallest absolute Gasteiger partial charge is 0.0713 e. The molecule has 0 bridgehead atoms. The van der Waals surface area contributed by atoms with Crippen molar-refractivity contribution in [1.29, 1.82) is 0 Å². The predicted octanol–water partition coefficient (Wildman–Crippen LogP) is 25.0. The normalized spacial score (nSPS) is 13.1. The topological polar surface area (TPSA) is 6.48 Å². The van der Waals surface area contributed by atoms with Gasteiger partial charge in [-0.2, -0.15) is 0 Å². The molecule has 0 aromatic heterocycles. The van der Waals surface area contributed by atoms with Gasteiger partial charge in [0.2, 0.25) is 0 Å². The molecule has 0 aliphatic heterocycles. The molecular formula is C98H70N2Si. The number of para-hydroxylation sites is 1. The van der Waals surface area contributed by atoms with Crippen molar-refractivity contribution in [3.63, 3.8) is 0 Å². The Morgan fingerprint density at radius 1 is 0.228 bits per heavy atom. The molecule has 101 heavy (non-hydrogen) atoms. The van der Waals surface area contributed by atoms with Crippen LogP contribution in [-0.4, -0.2) is 8.80 Å². The fourth-order valence-electron chi connectivity index (χ4n) is 17.6. The Balaban J connectivity index is 0.970. The molecule has 3 heteroatoms. The molecule has 17 aromatic carbocycles. The molecule has 0 saturated heterocycles. The van der Waals surface area contributed by atoms with E-state index >= 15 is 0 Å². The van der Waals surface area contributed by atoms with Crippen LogP contribution < -0.4 is 15.0 Å². The second-order valence-corrected chi connectivity index (χ2v) is 30.5. The van der Waals surface area contributed by atoms with E-state index in [9.17, 15) is 0 Å². The zero-order valence-corrected chi connectivity index (χ0v) is 57.5. The molecule has 476 valence electrons. The van der Waals surface area contributed by atoms with Gasteiger partial charge in [0.25, 0.3) is 0 Å². The zero-order chi connectivity index (χ0) is 67.2. The van der Waals surface area contributed by atoms with Crippen molar-refractivity contribution in [3.8, 4) is 44.5 Å². The van der Waals surface area contributed by atoms with Gasteiger partial charge in [0.15, 0.2) is 0 Å². The van der Waals surface area contributed by atoms with E-state index in [1.807, 2.05) is 0 Å². The Morgan fingerprint density at radius 3 is 0.980 bits per heavy atom. The summed E-state index contributed by atoms with van der Waals surface area (Å²) in [4.78, 5) is 4.99. The summed E-state index contributed by atoms with van der Waals surface area (Å²) in [7, 11) is -1.13. The number of hydrogen-bond acceptors (Lipinski definition) is 2. The number of nitrogens with zero attached hydrogens (tertiary/aromatic N) is 2. The average molecular weight is 1300 g/mol. The molecule has 0 unspecified atom stereocenters. The maximum atomic E-state index is 2.58. The van der Waals surface area contributed by atoms with Crippen LogP contribution in [0.15, 0.2) is 382 Å². The third kappa shape index (κ3) is 9.38. The summed E-state index contributed by atoms with van der Waals surface area (Å²) in [6.45, 7) is 4.83. The fraction of sp³-hybridized carbons (Fsp3) is 0.0408. The van der Waals surface area contributed by atoms with E-state index in [0.29, 0.717) is 0 Å². The van der Waals surface area contributed by atoms with Gasteiger partial charge in [-0.1, -0.05) is 328 Å². The SMILES string of the molecule is C[SiH](C)c1ccc(N(c2ccc3c(-c4ccc5c(c4)C(c4ccccc4)(c4ccccc4)c4ccccc4-5)c4cc(N(c5ccccc5)c5cccc6ccccc56)ccc4c(-c4ccc5c(c4)C(c4ccccc4)(c4ccccc4)c4ccccc4-5)c3c2)c2cccc3ccccc23)cc1. The van der Waals surface area contributed by atoms with Gasteiger partial charge in [0.1, 0.15) is 0 Å². The van der Waals surface area contributed by atoms with Crippen molar-refractivity contribution in [2.75, 3.05) is 9.80 Å². The first-order valence-electron chi connectivity index (χ1n) is 35.4. The summed E-state index contributed by atoms with van der Waals surface area (Å²) in [5.41, 5.74) is 25.0. The summed E-state index contributed by atoms with van der Waals surface area (Å²) < 4.78 is 0. The van der Waals surface area contributed by atoms with Gasteiger partial charge in [-0.15, -0.1) is 0 Å². The minimum Gasteiger partial charge on any atom is -0.310 e. The second kappa shape index (κ2) is 24.2. The van der Waals surface area contributed by atoms with E-state index in [1.54, 1.807) is 0 Å². The van der Waals surface area contributed by atoms with Crippen LogP contribution in [0.3, 0.4) is 0 Å². The monoisotopic (exact) mass is 1300 g/mol. The molecule has 0 spiro atoms.